The van der Waals surface area contributed by atoms with E-state index >= 15 is 0 Å². The van der Waals surface area contributed by atoms with Crippen molar-refractivity contribution in [3.8, 4) is 0 Å². The van der Waals surface area contributed by atoms with E-state index in [-0.39, 0.29) is 25.9 Å². The molecule has 68 heavy (non-hydrogen) atoms. The zero-order valence-electron chi connectivity index (χ0n) is 43.1. The van der Waals surface area contributed by atoms with Crippen LogP contribution >= 0.6 is 7.82 Å². The van der Waals surface area contributed by atoms with Crippen LogP contribution in [0.25, 0.3) is 0 Å². The molecular formula is C56H97O11P. The number of phosphoric acid groups is 1. The molecule has 0 aromatic heterocycles. The highest BCUT2D eigenvalue weighted by Gasteiger charge is 2.28. The predicted octanol–water partition coefficient (Wildman–Crippen LogP) is 15.4. The van der Waals surface area contributed by atoms with E-state index in [0.717, 1.165) is 109 Å². The van der Waals surface area contributed by atoms with Gasteiger partial charge in [0.25, 0.3) is 0 Å². The quantitative estimate of drug-likeness (QED) is 0.0197. The van der Waals surface area contributed by atoms with E-state index < -0.39 is 57.8 Å². The highest BCUT2D eigenvalue weighted by molar-refractivity contribution is 7.47. The molecule has 3 atom stereocenters. The van der Waals surface area contributed by atoms with Crippen LogP contribution in [0.5, 0.6) is 0 Å². The molecule has 0 aromatic rings. The Kier molecular flexibility index (Phi) is 48.0. The summed E-state index contributed by atoms with van der Waals surface area (Å²) in [6.45, 7) is 4.36. The number of phosphoric ester groups is 1. The lowest BCUT2D eigenvalue weighted by Gasteiger charge is -2.21. The van der Waals surface area contributed by atoms with Crippen molar-refractivity contribution in [1.29, 1.82) is 0 Å². The molecule has 0 aromatic carbocycles. The Labute approximate surface area is 414 Å². The third-order valence-electron chi connectivity index (χ3n) is 11.1. The first-order chi connectivity index (χ1) is 33.2. The van der Waals surface area contributed by atoms with Gasteiger partial charge in [-0.2, -0.15) is 0 Å². The Bertz CT molecular complexity index is 1420. The minimum Gasteiger partial charge on any atom is -0.462 e. The van der Waals surface area contributed by atoms with Crippen LogP contribution in [0.15, 0.2) is 72.9 Å². The average Bonchev–Trinajstić information content (AvgIpc) is 3.32. The van der Waals surface area contributed by atoms with Crippen LogP contribution in [0.4, 0.5) is 0 Å². The van der Waals surface area contributed by atoms with Gasteiger partial charge >= 0.3 is 25.7 Å². The van der Waals surface area contributed by atoms with Crippen molar-refractivity contribution in [2.45, 2.75) is 238 Å². The zero-order chi connectivity index (χ0) is 49.9. The lowest BCUT2D eigenvalue weighted by atomic mass is 10.0. The van der Waals surface area contributed by atoms with E-state index in [1.165, 1.54) is 57.8 Å². The van der Waals surface area contributed by atoms with Crippen molar-refractivity contribution < 1.29 is 52.2 Å². The molecule has 0 saturated heterocycles. The van der Waals surface area contributed by atoms with Crippen molar-refractivity contribution in [2.24, 2.45) is 0 Å². The number of aliphatic hydroxyl groups excluding tert-OH is 1. The Morgan fingerprint density at radius 1 is 0.426 bits per heavy atom. The first-order valence-electron chi connectivity index (χ1n) is 26.8. The molecule has 3 unspecified atom stereocenters. The molecule has 0 bridgehead atoms. The molecule has 0 saturated carbocycles. The number of esters is 3. The molecular weight excluding hydrogens is 880 g/mol. The van der Waals surface area contributed by atoms with Crippen LogP contribution < -0.4 is 0 Å². The van der Waals surface area contributed by atoms with Crippen molar-refractivity contribution >= 4 is 25.7 Å². The fourth-order valence-electron chi connectivity index (χ4n) is 7.09. The van der Waals surface area contributed by atoms with E-state index in [4.69, 9.17) is 23.3 Å². The molecule has 0 rings (SSSR count). The van der Waals surface area contributed by atoms with Gasteiger partial charge in [0.05, 0.1) is 19.8 Å². The third kappa shape index (κ3) is 48.0. The fraction of sp³-hybridized carbons (Fsp3) is 0.732. The molecule has 0 spiro atoms. The van der Waals surface area contributed by atoms with Gasteiger partial charge in [0.1, 0.15) is 12.7 Å². The lowest BCUT2D eigenvalue weighted by Crippen LogP contribution is -2.30. The van der Waals surface area contributed by atoms with Gasteiger partial charge in [-0.1, -0.05) is 196 Å². The van der Waals surface area contributed by atoms with Crippen LogP contribution in [-0.4, -0.2) is 66.5 Å². The maximum absolute atomic E-state index is 12.9. The number of carbonyl (C=O) groups excluding carboxylic acids is 3. The van der Waals surface area contributed by atoms with Gasteiger partial charge in [0, 0.05) is 19.3 Å². The smallest absolute Gasteiger partial charge is 0.462 e. The second-order valence-electron chi connectivity index (χ2n) is 17.6. The first-order valence-corrected chi connectivity index (χ1v) is 28.3. The Hall–Kier alpha value is -3.08. The van der Waals surface area contributed by atoms with E-state index in [0.29, 0.717) is 19.3 Å². The summed E-state index contributed by atoms with van der Waals surface area (Å²) in [4.78, 5) is 48.3. The molecule has 2 N–H and O–H groups in total. The molecule has 0 heterocycles. The third-order valence-corrected chi connectivity index (χ3v) is 12.1. The molecule has 11 nitrogen and oxygen atoms in total. The lowest BCUT2D eigenvalue weighted by molar-refractivity contribution is -0.161. The van der Waals surface area contributed by atoms with Crippen LogP contribution in [0.2, 0.25) is 0 Å². The van der Waals surface area contributed by atoms with Gasteiger partial charge in [-0.15, -0.1) is 0 Å². The summed E-state index contributed by atoms with van der Waals surface area (Å²) in [7, 11) is -4.75. The number of aliphatic hydroxyl groups is 1. The van der Waals surface area contributed by atoms with Gasteiger partial charge in [0.15, 0.2) is 6.10 Å². The normalized spacial score (nSPS) is 14.0. The highest BCUT2D eigenvalue weighted by atomic mass is 31.2. The summed E-state index contributed by atoms with van der Waals surface area (Å²) in [5.41, 5.74) is 0. The molecule has 0 amide bonds. The van der Waals surface area contributed by atoms with Crippen LogP contribution in [0.3, 0.4) is 0 Å². The average molecular weight is 977 g/mol. The molecule has 392 valence electrons. The molecule has 0 aliphatic carbocycles. The van der Waals surface area contributed by atoms with Gasteiger partial charge in [-0.25, -0.2) is 4.57 Å². The maximum atomic E-state index is 12.9. The number of allylic oxidation sites excluding steroid dienone is 12. The van der Waals surface area contributed by atoms with Crippen molar-refractivity contribution in [3.05, 3.63) is 72.9 Å². The Morgan fingerprint density at radius 2 is 0.765 bits per heavy atom. The van der Waals surface area contributed by atoms with Gasteiger partial charge < -0.3 is 24.2 Å². The van der Waals surface area contributed by atoms with Crippen LogP contribution in [-0.2, 0) is 42.2 Å². The van der Waals surface area contributed by atoms with Crippen molar-refractivity contribution in [2.75, 3.05) is 26.4 Å². The number of ether oxygens (including phenoxy) is 3. The van der Waals surface area contributed by atoms with Gasteiger partial charge in [-0.3, -0.25) is 23.4 Å². The Morgan fingerprint density at radius 3 is 1.19 bits per heavy atom. The van der Waals surface area contributed by atoms with Crippen LogP contribution in [0, 0.1) is 0 Å². The second-order valence-corrected chi connectivity index (χ2v) is 19.1. The molecule has 0 aliphatic heterocycles. The Balaban J connectivity index is 4.78. The van der Waals surface area contributed by atoms with E-state index in [1.54, 1.807) is 0 Å². The molecule has 12 heteroatoms. The minimum atomic E-state index is -4.75. The number of unbranched alkanes of at least 4 members (excludes halogenated alkanes) is 20. The van der Waals surface area contributed by atoms with E-state index in [1.807, 2.05) is 0 Å². The first kappa shape index (κ1) is 64.9. The molecule has 0 aliphatic rings. The number of hydrogen-bond acceptors (Lipinski definition) is 10. The number of carbonyl (C=O) groups is 3. The topological polar surface area (TPSA) is 155 Å². The minimum absolute atomic E-state index is 0.127. The predicted molar refractivity (Wildman–Crippen MR) is 279 cm³/mol. The van der Waals surface area contributed by atoms with Crippen molar-refractivity contribution in [3.63, 3.8) is 0 Å². The largest absolute Gasteiger partial charge is 0.472 e. The SMILES string of the molecule is CC/C=C\C/C=C\C/C=C\CCCCCCCC(=O)OCC(COP(=O)(O)OCC(CO)OC(=O)CCCCCCCCCCCCCCC)OC(=O)CCCCC/C=C\C/C=C\C/C=C\CC. The molecule has 0 radical (unpaired) electrons. The summed E-state index contributed by atoms with van der Waals surface area (Å²) < 4.78 is 39.4. The second kappa shape index (κ2) is 50.3. The monoisotopic (exact) mass is 977 g/mol. The van der Waals surface area contributed by atoms with Gasteiger partial charge in [-0.05, 0) is 83.5 Å². The zero-order valence-corrected chi connectivity index (χ0v) is 43.9. The maximum Gasteiger partial charge on any atom is 0.472 e. The van der Waals surface area contributed by atoms with Gasteiger partial charge in [0.2, 0.25) is 0 Å². The fourth-order valence-corrected chi connectivity index (χ4v) is 7.87. The number of hydrogen-bond donors (Lipinski definition) is 2. The summed E-state index contributed by atoms with van der Waals surface area (Å²) >= 11 is 0. The highest BCUT2D eigenvalue weighted by Crippen LogP contribution is 2.43. The van der Waals surface area contributed by atoms with E-state index in [9.17, 15) is 28.9 Å². The summed E-state index contributed by atoms with van der Waals surface area (Å²) in [6.07, 6.45) is 54.4. The number of rotatable bonds is 49. The van der Waals surface area contributed by atoms with E-state index in [2.05, 4.69) is 93.7 Å². The van der Waals surface area contributed by atoms with Crippen molar-refractivity contribution in [1.82, 2.24) is 0 Å². The summed E-state index contributed by atoms with van der Waals surface area (Å²) in [6, 6.07) is 0. The summed E-state index contributed by atoms with van der Waals surface area (Å²) in [5, 5.41) is 9.78. The standard InChI is InChI=1S/C56H97O11P/c1-4-7-10-13-16-19-22-25-26-29-30-33-36-39-42-45-54(58)63-49-53(67-56(60)47-44-41-38-35-32-28-24-21-18-15-12-9-6-3)51-65-68(61,62)64-50-52(48-57)66-55(59)46-43-40-37-34-31-27-23-20-17-14-11-8-5-2/h7,9-10,12,16,18-19,21,25-26,28,32,52-53,57H,4-6,8,11,13-15,17,20,22-24,27,29-31,33-51H2,1-3H3,(H,61,62)/b10-7-,12-9-,19-16-,21-18-,26-25-,32-28-. The van der Waals surface area contributed by atoms with Crippen LogP contribution in [0.1, 0.15) is 226 Å². The molecule has 0 fully saturated rings. The summed E-state index contributed by atoms with van der Waals surface area (Å²) in [5.74, 6) is -1.52.